The summed E-state index contributed by atoms with van der Waals surface area (Å²) in [5, 5.41) is 4.07. The highest BCUT2D eigenvalue weighted by Gasteiger charge is 2.15. The third-order valence-electron chi connectivity index (χ3n) is 3.30. The third kappa shape index (κ3) is 4.19. The van der Waals surface area contributed by atoms with Crippen LogP contribution in [0.3, 0.4) is 0 Å². The van der Waals surface area contributed by atoms with Crippen LogP contribution >= 0.6 is 11.5 Å². The Balaban J connectivity index is 2.46. The minimum atomic E-state index is -0.0653. The second kappa shape index (κ2) is 7.66. The van der Waals surface area contributed by atoms with Crippen molar-refractivity contribution in [3.05, 3.63) is 5.82 Å². The van der Waals surface area contributed by atoms with Crippen LogP contribution in [0.2, 0.25) is 0 Å². The molecule has 0 radical (unpaired) electrons. The number of nitrogens with two attached hydrogens (primary N) is 1. The van der Waals surface area contributed by atoms with E-state index >= 15 is 0 Å². The van der Waals surface area contributed by atoms with Crippen LogP contribution in [-0.4, -0.2) is 29.1 Å². The SMILES string of the molecule is CCC(CC)C(N)CNc1nc(C(C)OC)ns1. The number of rotatable bonds is 8. The largest absolute Gasteiger partial charge is 0.374 e. The van der Waals surface area contributed by atoms with Gasteiger partial charge in [-0.2, -0.15) is 4.37 Å². The van der Waals surface area contributed by atoms with Crippen LogP contribution in [0.15, 0.2) is 0 Å². The van der Waals surface area contributed by atoms with Crippen LogP contribution in [0.5, 0.6) is 0 Å². The lowest BCUT2D eigenvalue weighted by atomic mass is 9.95. The predicted molar refractivity (Wildman–Crippen MR) is 75.9 cm³/mol. The Labute approximate surface area is 113 Å². The monoisotopic (exact) mass is 272 g/mol. The van der Waals surface area contributed by atoms with Gasteiger partial charge in [0.05, 0.1) is 0 Å². The maximum absolute atomic E-state index is 6.15. The van der Waals surface area contributed by atoms with Gasteiger partial charge in [-0.05, 0) is 12.8 Å². The number of nitrogens with zero attached hydrogens (tertiary/aromatic N) is 2. The summed E-state index contributed by atoms with van der Waals surface area (Å²) < 4.78 is 9.43. The number of anilines is 1. The van der Waals surface area contributed by atoms with E-state index in [1.807, 2.05) is 6.92 Å². The van der Waals surface area contributed by atoms with Crippen molar-refractivity contribution in [2.45, 2.75) is 45.8 Å². The fourth-order valence-corrected chi connectivity index (χ4v) is 2.49. The highest BCUT2D eigenvalue weighted by atomic mass is 32.1. The first kappa shape index (κ1) is 15.3. The average Bonchev–Trinajstić information content (AvgIpc) is 2.85. The molecule has 0 saturated heterocycles. The Kier molecular flexibility index (Phi) is 6.52. The summed E-state index contributed by atoms with van der Waals surface area (Å²) in [7, 11) is 1.65. The lowest BCUT2D eigenvalue weighted by Crippen LogP contribution is -2.36. The van der Waals surface area contributed by atoms with E-state index in [1.54, 1.807) is 7.11 Å². The molecule has 1 aromatic rings. The van der Waals surface area contributed by atoms with Gasteiger partial charge in [0.2, 0.25) is 5.13 Å². The molecule has 0 amide bonds. The average molecular weight is 272 g/mol. The van der Waals surface area contributed by atoms with Gasteiger partial charge in [-0.15, -0.1) is 0 Å². The standard InChI is InChI=1S/C12H24N4OS/c1-5-9(6-2)10(13)7-14-12-15-11(16-18-12)8(3)17-4/h8-10H,5-7,13H2,1-4H3,(H,14,15,16). The van der Waals surface area contributed by atoms with Crippen molar-refractivity contribution in [3.8, 4) is 0 Å². The van der Waals surface area contributed by atoms with Crippen molar-refractivity contribution in [1.82, 2.24) is 9.36 Å². The van der Waals surface area contributed by atoms with E-state index in [9.17, 15) is 0 Å². The molecule has 0 aliphatic rings. The van der Waals surface area contributed by atoms with E-state index < -0.39 is 0 Å². The second-order valence-electron chi connectivity index (χ2n) is 4.46. The van der Waals surface area contributed by atoms with Crippen molar-refractivity contribution < 1.29 is 4.74 Å². The molecule has 0 aliphatic carbocycles. The topological polar surface area (TPSA) is 73.1 Å². The van der Waals surface area contributed by atoms with Gasteiger partial charge in [0.15, 0.2) is 5.82 Å². The molecular weight excluding hydrogens is 248 g/mol. The van der Waals surface area contributed by atoms with Crippen molar-refractivity contribution >= 4 is 16.7 Å². The number of hydrogen-bond donors (Lipinski definition) is 2. The first-order chi connectivity index (χ1) is 8.62. The fourth-order valence-electron chi connectivity index (χ4n) is 1.84. The second-order valence-corrected chi connectivity index (χ2v) is 5.21. The van der Waals surface area contributed by atoms with Gasteiger partial charge in [-0.3, -0.25) is 0 Å². The molecule has 6 heteroatoms. The highest BCUT2D eigenvalue weighted by molar-refractivity contribution is 7.09. The zero-order chi connectivity index (χ0) is 13.5. The molecule has 0 saturated carbocycles. The Bertz CT molecular complexity index is 341. The lowest BCUT2D eigenvalue weighted by Gasteiger charge is -2.21. The first-order valence-electron chi connectivity index (χ1n) is 6.48. The summed E-state index contributed by atoms with van der Waals surface area (Å²) in [6.45, 7) is 7.03. The molecule has 1 rings (SSSR count). The van der Waals surface area contributed by atoms with Gasteiger partial charge in [0, 0.05) is 31.2 Å². The van der Waals surface area contributed by atoms with E-state index in [2.05, 4.69) is 28.5 Å². The van der Waals surface area contributed by atoms with Gasteiger partial charge in [-0.1, -0.05) is 26.7 Å². The van der Waals surface area contributed by atoms with E-state index in [0.29, 0.717) is 5.92 Å². The first-order valence-corrected chi connectivity index (χ1v) is 7.25. The Morgan fingerprint density at radius 1 is 1.39 bits per heavy atom. The van der Waals surface area contributed by atoms with Crippen LogP contribution < -0.4 is 11.1 Å². The zero-order valence-corrected chi connectivity index (χ0v) is 12.5. The molecule has 104 valence electrons. The minimum Gasteiger partial charge on any atom is -0.374 e. The van der Waals surface area contributed by atoms with Crippen molar-refractivity contribution in [3.63, 3.8) is 0 Å². The number of hydrogen-bond acceptors (Lipinski definition) is 6. The molecule has 5 nitrogen and oxygen atoms in total. The smallest absolute Gasteiger partial charge is 0.202 e. The van der Waals surface area contributed by atoms with Crippen molar-refractivity contribution in [2.75, 3.05) is 19.0 Å². The maximum atomic E-state index is 6.15. The molecule has 1 aromatic heterocycles. The minimum absolute atomic E-state index is 0.0653. The van der Waals surface area contributed by atoms with Crippen LogP contribution in [0.25, 0.3) is 0 Å². The Morgan fingerprint density at radius 3 is 2.61 bits per heavy atom. The molecule has 2 atom stereocenters. The summed E-state index contributed by atoms with van der Waals surface area (Å²) in [4.78, 5) is 4.38. The summed E-state index contributed by atoms with van der Waals surface area (Å²) in [5.41, 5.74) is 6.15. The lowest BCUT2D eigenvalue weighted by molar-refractivity contribution is 0.113. The molecule has 0 fully saturated rings. The Morgan fingerprint density at radius 2 is 2.06 bits per heavy atom. The van der Waals surface area contributed by atoms with E-state index in [4.69, 9.17) is 10.5 Å². The van der Waals surface area contributed by atoms with Crippen LogP contribution in [0.4, 0.5) is 5.13 Å². The molecule has 0 aromatic carbocycles. The predicted octanol–water partition coefficient (Wildman–Crippen LogP) is 2.42. The van der Waals surface area contributed by atoms with E-state index in [0.717, 1.165) is 30.3 Å². The van der Waals surface area contributed by atoms with Gasteiger partial charge in [-0.25, -0.2) is 4.98 Å². The number of methoxy groups -OCH3 is 1. The van der Waals surface area contributed by atoms with Gasteiger partial charge < -0.3 is 15.8 Å². The molecule has 0 bridgehead atoms. The van der Waals surface area contributed by atoms with Crippen molar-refractivity contribution in [1.29, 1.82) is 0 Å². The van der Waals surface area contributed by atoms with Gasteiger partial charge in [0.1, 0.15) is 6.10 Å². The molecule has 3 N–H and O–H groups in total. The third-order valence-corrected chi connectivity index (χ3v) is 3.99. The van der Waals surface area contributed by atoms with E-state index in [1.165, 1.54) is 11.5 Å². The zero-order valence-electron chi connectivity index (χ0n) is 11.6. The Hall–Kier alpha value is -0.720. The summed E-state index contributed by atoms with van der Waals surface area (Å²) >= 11 is 1.35. The molecule has 1 heterocycles. The summed E-state index contributed by atoms with van der Waals surface area (Å²) in [6, 6.07) is 0.159. The molecule has 2 unspecified atom stereocenters. The summed E-state index contributed by atoms with van der Waals surface area (Å²) in [5.74, 6) is 1.28. The molecule has 0 aliphatic heterocycles. The van der Waals surface area contributed by atoms with Gasteiger partial charge in [0.25, 0.3) is 0 Å². The summed E-state index contributed by atoms with van der Waals surface area (Å²) in [6.07, 6.45) is 2.16. The molecule has 0 spiro atoms. The number of ether oxygens (including phenoxy) is 1. The highest BCUT2D eigenvalue weighted by Crippen LogP contribution is 2.19. The molecular formula is C12H24N4OS. The number of aromatic nitrogens is 2. The fraction of sp³-hybridized carbons (Fsp3) is 0.833. The van der Waals surface area contributed by atoms with Gasteiger partial charge >= 0.3 is 0 Å². The van der Waals surface area contributed by atoms with Crippen LogP contribution in [-0.2, 0) is 4.74 Å². The van der Waals surface area contributed by atoms with E-state index in [-0.39, 0.29) is 12.1 Å². The maximum Gasteiger partial charge on any atom is 0.202 e. The molecule has 18 heavy (non-hydrogen) atoms. The quantitative estimate of drug-likeness (QED) is 0.760. The normalized spacial score (nSPS) is 14.8. The van der Waals surface area contributed by atoms with Crippen molar-refractivity contribution in [2.24, 2.45) is 11.7 Å². The number of nitrogens with one attached hydrogen (secondary N) is 1. The van der Waals surface area contributed by atoms with Crippen LogP contribution in [0.1, 0.15) is 45.5 Å². The van der Waals surface area contributed by atoms with Crippen LogP contribution in [0, 0.1) is 5.92 Å².